The molecule has 0 amide bonds. The third-order valence-electron chi connectivity index (χ3n) is 2.93. The quantitative estimate of drug-likeness (QED) is 0.871. The zero-order chi connectivity index (χ0) is 13.1. The van der Waals surface area contributed by atoms with Gasteiger partial charge in [0, 0.05) is 17.7 Å². The van der Waals surface area contributed by atoms with Gasteiger partial charge >= 0.3 is 0 Å². The molecule has 0 saturated heterocycles. The topological polar surface area (TPSA) is 63.9 Å². The van der Waals surface area contributed by atoms with E-state index in [1.165, 1.54) is 13.2 Å². The molecule has 1 aromatic heterocycles. The number of hydrogen-bond acceptors (Lipinski definition) is 3. The van der Waals surface area contributed by atoms with Crippen molar-refractivity contribution < 1.29 is 9.13 Å². The molecule has 0 aliphatic rings. The fourth-order valence-electron chi connectivity index (χ4n) is 1.92. The van der Waals surface area contributed by atoms with Gasteiger partial charge in [0.05, 0.1) is 12.8 Å². The molecule has 2 rings (SSSR count). The molecule has 18 heavy (non-hydrogen) atoms. The lowest BCUT2D eigenvalue weighted by Gasteiger charge is -2.04. The Morgan fingerprint density at radius 1 is 1.44 bits per heavy atom. The largest absolute Gasteiger partial charge is 0.494 e. The Labute approximate surface area is 105 Å². The van der Waals surface area contributed by atoms with Crippen molar-refractivity contribution in [3.05, 3.63) is 35.3 Å². The molecule has 3 N–H and O–H groups in total. The molecule has 1 heterocycles. The third kappa shape index (κ3) is 2.22. The van der Waals surface area contributed by atoms with Crippen LogP contribution in [0, 0.1) is 12.7 Å². The fraction of sp³-hybridized carbons (Fsp3) is 0.308. The van der Waals surface area contributed by atoms with Gasteiger partial charge in [-0.3, -0.25) is 5.10 Å². The average molecular weight is 249 g/mol. The zero-order valence-electron chi connectivity index (χ0n) is 10.5. The molecule has 5 heteroatoms. The molecular formula is C13H16FN3O. The molecule has 0 saturated carbocycles. The summed E-state index contributed by atoms with van der Waals surface area (Å²) in [6, 6.07) is 4.81. The summed E-state index contributed by atoms with van der Waals surface area (Å²) in [5.74, 6) is -0.160. The molecule has 0 aliphatic carbocycles. The van der Waals surface area contributed by atoms with Gasteiger partial charge in [0.2, 0.25) is 0 Å². The molecule has 0 aliphatic heterocycles. The number of aromatic nitrogens is 2. The first-order chi connectivity index (χ1) is 8.67. The van der Waals surface area contributed by atoms with E-state index in [1.807, 2.05) is 6.92 Å². The van der Waals surface area contributed by atoms with Gasteiger partial charge in [-0.05, 0) is 37.2 Å². The fourth-order valence-corrected chi connectivity index (χ4v) is 1.92. The molecule has 0 radical (unpaired) electrons. The van der Waals surface area contributed by atoms with Crippen LogP contribution in [0.3, 0.4) is 0 Å². The van der Waals surface area contributed by atoms with E-state index in [0.29, 0.717) is 6.54 Å². The van der Waals surface area contributed by atoms with Gasteiger partial charge < -0.3 is 10.5 Å². The van der Waals surface area contributed by atoms with Crippen molar-refractivity contribution in [3.8, 4) is 17.0 Å². The number of benzene rings is 1. The standard InChI is InChI=1S/C13H16FN3O/c1-8-11(5-6-15)16-17-13(8)9-3-4-12(18-2)10(14)7-9/h3-4,7H,5-6,15H2,1-2H3,(H,16,17). The number of halogens is 1. The van der Waals surface area contributed by atoms with E-state index < -0.39 is 5.82 Å². The summed E-state index contributed by atoms with van der Waals surface area (Å²) in [5.41, 5.74) is 8.99. The number of nitrogens with one attached hydrogen (secondary N) is 1. The summed E-state index contributed by atoms with van der Waals surface area (Å²) < 4.78 is 18.5. The molecule has 1 aromatic carbocycles. The number of rotatable bonds is 4. The number of nitrogens with two attached hydrogens (primary N) is 1. The van der Waals surface area contributed by atoms with Gasteiger partial charge in [0.15, 0.2) is 11.6 Å². The molecular weight excluding hydrogens is 233 g/mol. The lowest BCUT2D eigenvalue weighted by Crippen LogP contribution is -2.03. The summed E-state index contributed by atoms with van der Waals surface area (Å²) in [7, 11) is 1.44. The van der Waals surface area contributed by atoms with Crippen LogP contribution in [0.2, 0.25) is 0 Å². The van der Waals surface area contributed by atoms with E-state index in [-0.39, 0.29) is 5.75 Å². The summed E-state index contributed by atoms with van der Waals surface area (Å²) in [6.45, 7) is 2.51. The predicted octanol–water partition coefficient (Wildman–Crippen LogP) is 2.03. The number of aromatic amines is 1. The number of nitrogens with zero attached hydrogens (tertiary/aromatic N) is 1. The second kappa shape index (κ2) is 5.18. The van der Waals surface area contributed by atoms with Gasteiger partial charge in [-0.15, -0.1) is 0 Å². The monoisotopic (exact) mass is 249 g/mol. The predicted molar refractivity (Wildman–Crippen MR) is 68.0 cm³/mol. The van der Waals surface area contributed by atoms with Crippen LogP contribution in [-0.2, 0) is 6.42 Å². The van der Waals surface area contributed by atoms with Crippen LogP contribution >= 0.6 is 0 Å². The number of H-pyrrole nitrogens is 1. The summed E-state index contributed by atoms with van der Waals surface area (Å²) in [6.07, 6.45) is 0.734. The van der Waals surface area contributed by atoms with Crippen molar-refractivity contribution in [2.75, 3.05) is 13.7 Å². The highest BCUT2D eigenvalue weighted by Crippen LogP contribution is 2.27. The summed E-state index contributed by atoms with van der Waals surface area (Å²) in [4.78, 5) is 0. The Kier molecular flexibility index (Phi) is 3.62. The summed E-state index contributed by atoms with van der Waals surface area (Å²) >= 11 is 0. The first kappa shape index (κ1) is 12.6. The SMILES string of the molecule is COc1ccc(-c2n[nH]c(CCN)c2C)cc1F. The van der Waals surface area contributed by atoms with Crippen molar-refractivity contribution >= 4 is 0 Å². The molecule has 0 atom stereocenters. The van der Waals surface area contributed by atoms with Gasteiger partial charge in [-0.25, -0.2) is 4.39 Å². The van der Waals surface area contributed by atoms with Crippen molar-refractivity contribution in [1.29, 1.82) is 0 Å². The molecule has 96 valence electrons. The molecule has 4 nitrogen and oxygen atoms in total. The van der Waals surface area contributed by atoms with Crippen LogP contribution in [-0.4, -0.2) is 23.9 Å². The highest BCUT2D eigenvalue weighted by molar-refractivity contribution is 5.64. The van der Waals surface area contributed by atoms with Gasteiger partial charge in [0.25, 0.3) is 0 Å². The van der Waals surface area contributed by atoms with Crippen LogP contribution in [0.15, 0.2) is 18.2 Å². The maximum atomic E-state index is 13.6. The minimum absolute atomic E-state index is 0.231. The second-order valence-corrected chi connectivity index (χ2v) is 4.06. The Hall–Kier alpha value is -1.88. The van der Waals surface area contributed by atoms with E-state index in [4.69, 9.17) is 10.5 Å². The van der Waals surface area contributed by atoms with E-state index in [2.05, 4.69) is 10.2 Å². The molecule has 0 spiro atoms. The number of methoxy groups -OCH3 is 1. The van der Waals surface area contributed by atoms with E-state index in [0.717, 1.165) is 28.9 Å². The van der Waals surface area contributed by atoms with E-state index in [9.17, 15) is 4.39 Å². The minimum Gasteiger partial charge on any atom is -0.494 e. The Balaban J connectivity index is 2.39. The van der Waals surface area contributed by atoms with Gasteiger partial charge in [0.1, 0.15) is 0 Å². The zero-order valence-corrected chi connectivity index (χ0v) is 10.5. The third-order valence-corrected chi connectivity index (χ3v) is 2.93. The Bertz CT molecular complexity index is 551. The van der Waals surface area contributed by atoms with Gasteiger partial charge in [-0.2, -0.15) is 5.10 Å². The molecule has 2 aromatic rings. The molecule has 0 fully saturated rings. The summed E-state index contributed by atoms with van der Waals surface area (Å²) in [5, 5.41) is 7.15. The first-order valence-corrected chi connectivity index (χ1v) is 5.75. The normalized spacial score (nSPS) is 10.7. The minimum atomic E-state index is -0.391. The second-order valence-electron chi connectivity index (χ2n) is 4.06. The highest BCUT2D eigenvalue weighted by Gasteiger charge is 2.12. The van der Waals surface area contributed by atoms with E-state index in [1.54, 1.807) is 12.1 Å². The van der Waals surface area contributed by atoms with Crippen LogP contribution in [0.4, 0.5) is 4.39 Å². The average Bonchev–Trinajstić information content (AvgIpc) is 2.72. The Morgan fingerprint density at radius 2 is 2.22 bits per heavy atom. The van der Waals surface area contributed by atoms with Crippen LogP contribution in [0.25, 0.3) is 11.3 Å². The van der Waals surface area contributed by atoms with Crippen LogP contribution < -0.4 is 10.5 Å². The Morgan fingerprint density at radius 3 is 2.83 bits per heavy atom. The number of hydrogen-bond donors (Lipinski definition) is 2. The van der Waals surface area contributed by atoms with Crippen molar-refractivity contribution in [1.82, 2.24) is 10.2 Å². The molecule has 0 bridgehead atoms. The lowest BCUT2D eigenvalue weighted by atomic mass is 10.1. The van der Waals surface area contributed by atoms with Crippen molar-refractivity contribution in [2.24, 2.45) is 5.73 Å². The van der Waals surface area contributed by atoms with Crippen LogP contribution in [0.1, 0.15) is 11.3 Å². The van der Waals surface area contributed by atoms with Crippen molar-refractivity contribution in [2.45, 2.75) is 13.3 Å². The maximum Gasteiger partial charge on any atom is 0.165 e. The molecule has 0 unspecified atom stereocenters. The van der Waals surface area contributed by atoms with Gasteiger partial charge in [-0.1, -0.05) is 0 Å². The van der Waals surface area contributed by atoms with E-state index >= 15 is 0 Å². The maximum absolute atomic E-state index is 13.6. The lowest BCUT2D eigenvalue weighted by molar-refractivity contribution is 0.386. The number of ether oxygens (including phenoxy) is 1. The van der Waals surface area contributed by atoms with Crippen LogP contribution in [0.5, 0.6) is 5.75 Å². The van der Waals surface area contributed by atoms with Crippen molar-refractivity contribution in [3.63, 3.8) is 0 Å². The first-order valence-electron chi connectivity index (χ1n) is 5.75. The smallest absolute Gasteiger partial charge is 0.165 e. The highest BCUT2D eigenvalue weighted by atomic mass is 19.1.